The van der Waals surface area contributed by atoms with Gasteiger partial charge in [0, 0.05) is 23.5 Å². The quantitative estimate of drug-likeness (QED) is 0.148. The molecule has 6 unspecified atom stereocenters. The monoisotopic (exact) mass is 532 g/mol. The molecule has 2 aromatic rings. The van der Waals surface area contributed by atoms with E-state index >= 15 is 0 Å². The van der Waals surface area contributed by atoms with E-state index in [1.165, 1.54) is 6.92 Å². The highest BCUT2D eigenvalue weighted by molar-refractivity contribution is 5.96. The summed E-state index contributed by atoms with van der Waals surface area (Å²) in [7, 11) is 0. The van der Waals surface area contributed by atoms with Crippen LogP contribution in [0.4, 0.5) is 0 Å². The zero-order chi connectivity index (χ0) is 28.6. The van der Waals surface area contributed by atoms with Crippen LogP contribution < -0.4 is 27.4 Å². The van der Waals surface area contributed by atoms with Gasteiger partial charge in [0.15, 0.2) is 0 Å². The molecule has 208 valence electrons. The van der Waals surface area contributed by atoms with Crippen LogP contribution in [0.5, 0.6) is 0 Å². The first-order valence-corrected chi connectivity index (χ1v) is 12.3. The molecule has 0 spiro atoms. The topological polar surface area (TPSA) is 230 Å². The number of carbonyl (C=O) groups is 5. The fourth-order valence-electron chi connectivity index (χ4n) is 3.84. The third-order valence-electron chi connectivity index (χ3n) is 6.37. The van der Waals surface area contributed by atoms with Crippen molar-refractivity contribution in [3.8, 4) is 0 Å². The normalized spacial score (nSPS) is 15.9. The summed E-state index contributed by atoms with van der Waals surface area (Å²) in [6, 6.07) is 1.94. The number of H-pyrrole nitrogens is 1. The summed E-state index contributed by atoms with van der Waals surface area (Å²) in [6.45, 7) is 4.74. The van der Waals surface area contributed by atoms with E-state index in [0.29, 0.717) is 12.0 Å². The number of nitrogens with two attached hydrogens (primary N) is 2. The molecule has 13 heteroatoms. The third-order valence-corrected chi connectivity index (χ3v) is 6.37. The average Bonchev–Trinajstić information content (AvgIpc) is 3.27. The number of nitrogens with one attached hydrogen (secondary N) is 4. The Morgan fingerprint density at radius 3 is 2.16 bits per heavy atom. The summed E-state index contributed by atoms with van der Waals surface area (Å²) in [5, 5.41) is 27.3. The number of hydrogen-bond acceptors (Lipinski definition) is 7. The van der Waals surface area contributed by atoms with Gasteiger partial charge < -0.3 is 42.6 Å². The van der Waals surface area contributed by atoms with E-state index in [1.54, 1.807) is 26.1 Å². The standard InChI is InChI=1S/C25H36N6O7/c1-4-12(2)21(25(37)38)31-23(35)17(9-14-11-28-16-8-6-5-7-15(14)16)29-22(34)18(10-19(26)33)30-24(36)20(27)13(3)32/h5-8,11-13,17-18,20-21,28,32H,4,9-10,27H2,1-3H3,(H2,26,33)(H,29,34)(H,30,36)(H,31,35)(H,37,38). The van der Waals surface area contributed by atoms with E-state index in [4.69, 9.17) is 11.5 Å². The SMILES string of the molecule is CCC(C)C(NC(=O)C(Cc1c[nH]c2ccccc12)NC(=O)C(CC(N)=O)NC(=O)C(N)C(C)O)C(=O)O. The van der Waals surface area contributed by atoms with Crippen molar-refractivity contribution in [1.29, 1.82) is 0 Å². The molecular formula is C25H36N6O7. The Bertz CT molecular complexity index is 1160. The number of fused-ring (bicyclic) bond motifs is 1. The lowest BCUT2D eigenvalue weighted by molar-refractivity contribution is -0.144. The number of aromatic nitrogens is 1. The number of carbonyl (C=O) groups excluding carboxylic acids is 4. The van der Waals surface area contributed by atoms with Gasteiger partial charge in [0.1, 0.15) is 24.2 Å². The van der Waals surface area contributed by atoms with Crippen LogP contribution in [0.15, 0.2) is 30.5 Å². The Kier molecular flexibility index (Phi) is 10.8. The first-order valence-electron chi connectivity index (χ1n) is 12.3. The van der Waals surface area contributed by atoms with Gasteiger partial charge in [-0.2, -0.15) is 0 Å². The zero-order valence-electron chi connectivity index (χ0n) is 21.6. The van der Waals surface area contributed by atoms with Crippen molar-refractivity contribution in [1.82, 2.24) is 20.9 Å². The van der Waals surface area contributed by atoms with Gasteiger partial charge in [-0.05, 0) is 24.5 Å². The van der Waals surface area contributed by atoms with Crippen molar-refractivity contribution < 1.29 is 34.2 Å². The number of benzene rings is 1. The fraction of sp³-hybridized carbons (Fsp3) is 0.480. The maximum absolute atomic E-state index is 13.3. The minimum atomic E-state index is -1.49. The van der Waals surface area contributed by atoms with Gasteiger partial charge >= 0.3 is 5.97 Å². The van der Waals surface area contributed by atoms with Crippen molar-refractivity contribution in [3.63, 3.8) is 0 Å². The number of aliphatic hydroxyl groups is 1. The van der Waals surface area contributed by atoms with Gasteiger partial charge in [-0.3, -0.25) is 19.2 Å². The first-order chi connectivity index (χ1) is 17.8. The van der Waals surface area contributed by atoms with Crippen LogP contribution in [-0.2, 0) is 30.4 Å². The maximum Gasteiger partial charge on any atom is 0.326 e. The first kappa shape index (κ1) is 30.3. The summed E-state index contributed by atoms with van der Waals surface area (Å²) in [4.78, 5) is 65.3. The van der Waals surface area contributed by atoms with Gasteiger partial charge in [-0.1, -0.05) is 38.5 Å². The molecule has 0 aliphatic rings. The summed E-state index contributed by atoms with van der Waals surface area (Å²) in [5.74, 6) is -5.11. The van der Waals surface area contributed by atoms with Gasteiger partial charge in [-0.15, -0.1) is 0 Å². The van der Waals surface area contributed by atoms with Crippen LogP contribution >= 0.6 is 0 Å². The molecule has 1 aromatic carbocycles. The largest absolute Gasteiger partial charge is 0.480 e. The molecule has 2 rings (SSSR count). The molecule has 1 aromatic heterocycles. The molecule has 38 heavy (non-hydrogen) atoms. The molecule has 1 heterocycles. The molecule has 6 atom stereocenters. The van der Waals surface area contributed by atoms with E-state index in [0.717, 1.165) is 10.9 Å². The van der Waals surface area contributed by atoms with Crippen molar-refractivity contribution >= 4 is 40.5 Å². The molecule has 0 aliphatic heterocycles. The number of aliphatic hydroxyl groups excluding tert-OH is 1. The van der Waals surface area contributed by atoms with Crippen LogP contribution in [0.3, 0.4) is 0 Å². The minimum Gasteiger partial charge on any atom is -0.480 e. The number of amides is 4. The second kappa shape index (κ2) is 13.5. The number of aliphatic carboxylic acids is 1. The molecule has 0 bridgehead atoms. The highest BCUT2D eigenvalue weighted by Crippen LogP contribution is 2.19. The Hall–Kier alpha value is -3.97. The van der Waals surface area contributed by atoms with E-state index in [-0.39, 0.29) is 6.42 Å². The molecular weight excluding hydrogens is 496 g/mol. The summed E-state index contributed by atoms with van der Waals surface area (Å²) in [6.07, 6.45) is 0.286. The van der Waals surface area contributed by atoms with Crippen LogP contribution in [-0.4, -0.2) is 75.1 Å². The zero-order valence-corrected chi connectivity index (χ0v) is 21.6. The highest BCUT2D eigenvalue weighted by atomic mass is 16.4. The minimum absolute atomic E-state index is 0.0289. The number of carboxylic acids is 1. The molecule has 4 amide bonds. The van der Waals surface area contributed by atoms with E-state index < -0.39 is 72.2 Å². The molecule has 0 saturated heterocycles. The van der Waals surface area contributed by atoms with Crippen LogP contribution in [0, 0.1) is 5.92 Å². The van der Waals surface area contributed by atoms with Gasteiger partial charge in [0.2, 0.25) is 23.6 Å². The predicted molar refractivity (Wildman–Crippen MR) is 138 cm³/mol. The number of rotatable bonds is 14. The predicted octanol–water partition coefficient (Wildman–Crippen LogP) is -1.12. The number of hydrogen-bond donors (Lipinski definition) is 8. The Labute approximate surface area is 219 Å². The molecule has 0 aliphatic carbocycles. The molecule has 0 fully saturated rings. The Balaban J connectivity index is 2.36. The lowest BCUT2D eigenvalue weighted by Crippen LogP contribution is -2.59. The smallest absolute Gasteiger partial charge is 0.326 e. The average molecular weight is 533 g/mol. The van der Waals surface area contributed by atoms with Crippen molar-refractivity contribution in [2.75, 3.05) is 0 Å². The van der Waals surface area contributed by atoms with Crippen LogP contribution in [0.1, 0.15) is 39.2 Å². The van der Waals surface area contributed by atoms with E-state index in [1.807, 2.05) is 18.2 Å². The van der Waals surface area contributed by atoms with Gasteiger partial charge in [-0.25, -0.2) is 4.79 Å². The Morgan fingerprint density at radius 1 is 0.974 bits per heavy atom. The second-order valence-electron chi connectivity index (χ2n) is 9.33. The fourth-order valence-corrected chi connectivity index (χ4v) is 3.84. The maximum atomic E-state index is 13.3. The number of para-hydroxylation sites is 1. The summed E-state index contributed by atoms with van der Waals surface area (Å²) >= 11 is 0. The van der Waals surface area contributed by atoms with Gasteiger partial charge in [0.05, 0.1) is 12.5 Å². The number of carboxylic acid groups (broad SMARTS) is 1. The van der Waals surface area contributed by atoms with E-state index in [9.17, 15) is 34.2 Å². The van der Waals surface area contributed by atoms with Crippen molar-refractivity contribution in [2.45, 2.75) is 70.3 Å². The molecule has 0 saturated carbocycles. The Morgan fingerprint density at radius 2 is 1.58 bits per heavy atom. The highest BCUT2D eigenvalue weighted by Gasteiger charge is 2.33. The number of primary amides is 1. The second-order valence-corrected chi connectivity index (χ2v) is 9.33. The van der Waals surface area contributed by atoms with E-state index in [2.05, 4.69) is 20.9 Å². The third kappa shape index (κ3) is 8.02. The van der Waals surface area contributed by atoms with Crippen LogP contribution in [0.2, 0.25) is 0 Å². The molecule has 13 nitrogen and oxygen atoms in total. The van der Waals surface area contributed by atoms with Crippen molar-refractivity contribution in [3.05, 3.63) is 36.0 Å². The molecule has 0 radical (unpaired) electrons. The van der Waals surface area contributed by atoms with Crippen LogP contribution in [0.25, 0.3) is 10.9 Å². The summed E-state index contributed by atoms with van der Waals surface area (Å²) < 4.78 is 0. The lowest BCUT2D eigenvalue weighted by atomic mass is 9.98. The van der Waals surface area contributed by atoms with Gasteiger partial charge in [0.25, 0.3) is 0 Å². The number of aromatic amines is 1. The van der Waals surface area contributed by atoms with Crippen molar-refractivity contribution in [2.24, 2.45) is 17.4 Å². The lowest BCUT2D eigenvalue weighted by Gasteiger charge is -2.26. The molecule has 10 N–H and O–H groups in total. The summed E-state index contributed by atoms with van der Waals surface area (Å²) in [5.41, 5.74) is 12.3.